The van der Waals surface area contributed by atoms with E-state index in [-0.39, 0.29) is 29.5 Å². The van der Waals surface area contributed by atoms with Crippen molar-refractivity contribution >= 4 is 21.4 Å². The van der Waals surface area contributed by atoms with E-state index in [1.807, 2.05) is 18.2 Å². The van der Waals surface area contributed by atoms with Gasteiger partial charge in [-0.2, -0.15) is 0 Å². The summed E-state index contributed by atoms with van der Waals surface area (Å²) < 4.78 is 29.6. The van der Waals surface area contributed by atoms with Crippen molar-refractivity contribution in [2.45, 2.75) is 11.3 Å². The molecule has 2 aromatic rings. The van der Waals surface area contributed by atoms with Crippen LogP contribution >= 0.6 is 0 Å². The summed E-state index contributed by atoms with van der Waals surface area (Å²) in [6.07, 6.45) is 0.165. The van der Waals surface area contributed by atoms with Gasteiger partial charge >= 0.3 is 0 Å². The zero-order valence-electron chi connectivity index (χ0n) is 12.7. The summed E-state index contributed by atoms with van der Waals surface area (Å²) >= 11 is 0. The van der Waals surface area contributed by atoms with Gasteiger partial charge in [0.2, 0.25) is 5.91 Å². The standard InChI is InChI=1S/C17H17NO4S/c1-22-15-8-4-2-6-13(15)12-17(19)18-10-11-23(20,21)16-9-5-3-7-14(16)18/h2-9H,10-12H2,1H3. The van der Waals surface area contributed by atoms with Gasteiger partial charge in [0.05, 0.1) is 29.9 Å². The average Bonchev–Trinajstić information content (AvgIpc) is 2.55. The molecule has 2 aromatic carbocycles. The van der Waals surface area contributed by atoms with Crippen molar-refractivity contribution in [3.05, 3.63) is 54.1 Å². The minimum atomic E-state index is -3.31. The first-order chi connectivity index (χ1) is 11.0. The zero-order valence-corrected chi connectivity index (χ0v) is 13.5. The van der Waals surface area contributed by atoms with Gasteiger partial charge in [-0.15, -0.1) is 0 Å². The molecule has 0 saturated heterocycles. The van der Waals surface area contributed by atoms with Crippen LogP contribution in [-0.4, -0.2) is 33.7 Å². The molecule has 0 N–H and O–H groups in total. The van der Waals surface area contributed by atoms with Crippen molar-refractivity contribution in [3.8, 4) is 5.75 Å². The Labute approximate surface area is 135 Å². The second kappa shape index (κ2) is 6.04. The van der Waals surface area contributed by atoms with Crippen molar-refractivity contribution in [2.24, 2.45) is 0 Å². The quantitative estimate of drug-likeness (QED) is 0.863. The molecule has 0 saturated carbocycles. The van der Waals surface area contributed by atoms with Crippen LogP contribution in [-0.2, 0) is 21.1 Å². The fourth-order valence-corrected chi connectivity index (χ4v) is 4.18. The van der Waals surface area contributed by atoms with Gasteiger partial charge in [-0.05, 0) is 18.2 Å². The monoisotopic (exact) mass is 331 g/mol. The lowest BCUT2D eigenvalue weighted by molar-refractivity contribution is -0.118. The maximum atomic E-state index is 12.7. The van der Waals surface area contributed by atoms with E-state index in [2.05, 4.69) is 0 Å². The largest absolute Gasteiger partial charge is 0.496 e. The summed E-state index contributed by atoms with van der Waals surface area (Å²) in [5, 5.41) is 0. The van der Waals surface area contributed by atoms with Crippen molar-refractivity contribution in [2.75, 3.05) is 24.3 Å². The first kappa shape index (κ1) is 15.6. The number of para-hydroxylation sites is 2. The number of rotatable bonds is 3. The maximum absolute atomic E-state index is 12.7. The van der Waals surface area contributed by atoms with Gasteiger partial charge in [-0.25, -0.2) is 8.42 Å². The van der Waals surface area contributed by atoms with Crippen LogP contribution in [0.3, 0.4) is 0 Å². The van der Waals surface area contributed by atoms with Crippen LogP contribution in [0.1, 0.15) is 5.56 Å². The van der Waals surface area contributed by atoms with Crippen LogP contribution in [0, 0.1) is 0 Å². The summed E-state index contributed by atoms with van der Waals surface area (Å²) in [4.78, 5) is 14.5. The highest BCUT2D eigenvalue weighted by atomic mass is 32.2. The number of carbonyl (C=O) groups excluding carboxylic acids is 1. The first-order valence-electron chi connectivity index (χ1n) is 7.27. The van der Waals surface area contributed by atoms with Crippen LogP contribution in [0.5, 0.6) is 5.75 Å². The summed E-state index contributed by atoms with van der Waals surface area (Å²) in [5.41, 5.74) is 1.24. The number of ether oxygens (including phenoxy) is 1. The van der Waals surface area contributed by atoms with Crippen molar-refractivity contribution in [1.82, 2.24) is 0 Å². The number of amides is 1. The number of fused-ring (bicyclic) bond motifs is 1. The lowest BCUT2D eigenvalue weighted by Gasteiger charge is -2.29. The minimum absolute atomic E-state index is 0.0539. The Bertz CT molecular complexity index is 845. The molecule has 1 aliphatic rings. The fourth-order valence-electron chi connectivity index (χ4n) is 2.75. The molecule has 1 aliphatic heterocycles. The van der Waals surface area contributed by atoms with Gasteiger partial charge in [-0.3, -0.25) is 4.79 Å². The van der Waals surface area contributed by atoms with Gasteiger partial charge in [0.1, 0.15) is 5.75 Å². The number of sulfone groups is 1. The minimum Gasteiger partial charge on any atom is -0.496 e. The Kier molecular flexibility index (Phi) is 4.09. The summed E-state index contributed by atoms with van der Waals surface area (Å²) in [5.74, 6) is 0.456. The van der Waals surface area contributed by atoms with E-state index in [1.165, 1.54) is 0 Å². The van der Waals surface area contributed by atoms with Gasteiger partial charge in [0, 0.05) is 12.1 Å². The van der Waals surface area contributed by atoms with Crippen LogP contribution < -0.4 is 9.64 Å². The van der Waals surface area contributed by atoms with Crippen LogP contribution in [0.2, 0.25) is 0 Å². The van der Waals surface area contributed by atoms with Gasteiger partial charge in [-0.1, -0.05) is 30.3 Å². The molecule has 0 spiro atoms. The third-order valence-electron chi connectivity index (χ3n) is 3.91. The molecule has 0 bridgehead atoms. The summed E-state index contributed by atoms with van der Waals surface area (Å²) in [6, 6.07) is 14.0. The Balaban J connectivity index is 1.92. The second-order valence-electron chi connectivity index (χ2n) is 5.32. The molecule has 0 unspecified atom stereocenters. The van der Waals surface area contributed by atoms with E-state index in [0.717, 1.165) is 5.56 Å². The molecule has 5 nitrogen and oxygen atoms in total. The average molecular weight is 331 g/mol. The molecule has 0 fully saturated rings. The van der Waals surface area contributed by atoms with E-state index in [4.69, 9.17) is 4.74 Å². The third-order valence-corrected chi connectivity index (χ3v) is 5.65. The molecule has 0 aliphatic carbocycles. The number of hydrogen-bond acceptors (Lipinski definition) is 4. The molecule has 1 heterocycles. The van der Waals surface area contributed by atoms with Gasteiger partial charge in [0.25, 0.3) is 0 Å². The number of carbonyl (C=O) groups is 1. The number of methoxy groups -OCH3 is 1. The molecular weight excluding hydrogens is 314 g/mol. The normalized spacial score (nSPS) is 15.8. The fraction of sp³-hybridized carbons (Fsp3) is 0.235. The highest BCUT2D eigenvalue weighted by molar-refractivity contribution is 7.91. The Morgan fingerprint density at radius 1 is 1.13 bits per heavy atom. The number of nitrogens with zero attached hydrogens (tertiary/aromatic N) is 1. The lowest BCUT2D eigenvalue weighted by Crippen LogP contribution is -2.40. The number of benzene rings is 2. The molecule has 3 rings (SSSR count). The highest BCUT2D eigenvalue weighted by Crippen LogP contribution is 2.31. The first-order valence-corrected chi connectivity index (χ1v) is 8.92. The highest BCUT2D eigenvalue weighted by Gasteiger charge is 2.31. The molecule has 23 heavy (non-hydrogen) atoms. The Morgan fingerprint density at radius 3 is 2.61 bits per heavy atom. The predicted octanol–water partition coefficient (Wildman–Crippen LogP) is 2.06. The lowest BCUT2D eigenvalue weighted by atomic mass is 10.1. The zero-order chi connectivity index (χ0) is 16.4. The van der Waals surface area contributed by atoms with Crippen LogP contribution in [0.4, 0.5) is 5.69 Å². The third kappa shape index (κ3) is 2.94. The molecule has 0 aromatic heterocycles. The smallest absolute Gasteiger partial charge is 0.231 e. The SMILES string of the molecule is COc1ccccc1CC(=O)N1CCS(=O)(=O)c2ccccc21. The van der Waals surface area contributed by atoms with Gasteiger partial charge < -0.3 is 9.64 Å². The summed E-state index contributed by atoms with van der Waals surface area (Å²) in [7, 11) is -1.75. The van der Waals surface area contributed by atoms with E-state index in [1.54, 1.807) is 42.3 Å². The topological polar surface area (TPSA) is 63.7 Å². The van der Waals surface area contributed by atoms with Crippen LogP contribution in [0.25, 0.3) is 0 Å². The van der Waals surface area contributed by atoms with Crippen molar-refractivity contribution in [3.63, 3.8) is 0 Å². The van der Waals surface area contributed by atoms with Crippen molar-refractivity contribution in [1.29, 1.82) is 0 Å². The van der Waals surface area contributed by atoms with E-state index >= 15 is 0 Å². The second-order valence-corrected chi connectivity index (χ2v) is 7.40. The molecule has 1 amide bonds. The maximum Gasteiger partial charge on any atom is 0.231 e. The van der Waals surface area contributed by atoms with E-state index in [0.29, 0.717) is 11.4 Å². The van der Waals surface area contributed by atoms with Crippen molar-refractivity contribution < 1.29 is 17.9 Å². The summed E-state index contributed by atoms with van der Waals surface area (Å²) in [6.45, 7) is 0.174. The molecule has 0 atom stereocenters. The number of hydrogen-bond donors (Lipinski definition) is 0. The van der Waals surface area contributed by atoms with Gasteiger partial charge in [0.15, 0.2) is 9.84 Å². The predicted molar refractivity (Wildman–Crippen MR) is 87.5 cm³/mol. The molecule has 0 radical (unpaired) electrons. The van der Waals surface area contributed by atoms with E-state index < -0.39 is 9.84 Å². The van der Waals surface area contributed by atoms with Crippen LogP contribution in [0.15, 0.2) is 53.4 Å². The molecular formula is C17H17NO4S. The Hall–Kier alpha value is -2.34. The molecule has 120 valence electrons. The molecule has 6 heteroatoms. The number of anilines is 1. The Morgan fingerprint density at radius 2 is 1.83 bits per heavy atom. The van der Waals surface area contributed by atoms with E-state index in [9.17, 15) is 13.2 Å².